The first-order valence-electron chi connectivity index (χ1n) is 12.1. The van der Waals surface area contributed by atoms with Gasteiger partial charge in [0.25, 0.3) is 5.91 Å². The number of carbonyl (C=O) groups excluding carboxylic acids is 1. The first-order chi connectivity index (χ1) is 16.8. The molecule has 5 rings (SSSR count). The SMILES string of the molecule is Cc1ccc(-c2cc(C(=O)NCCN3CCOCC3)c3c(C)nn([C@H]4CCS(=O)(=O)C4)c3n2)cc1. The second-order valence-corrected chi connectivity index (χ2v) is 11.6. The van der Waals surface area contributed by atoms with Crippen molar-refractivity contribution in [2.75, 3.05) is 50.9 Å². The lowest BCUT2D eigenvalue weighted by atomic mass is 10.0. The molecule has 0 radical (unpaired) electrons. The van der Waals surface area contributed by atoms with E-state index in [0.717, 1.165) is 30.8 Å². The molecule has 1 amide bonds. The van der Waals surface area contributed by atoms with Crippen LogP contribution in [0.1, 0.15) is 34.1 Å². The molecule has 4 heterocycles. The molecule has 35 heavy (non-hydrogen) atoms. The van der Waals surface area contributed by atoms with Crippen molar-refractivity contribution >= 4 is 26.8 Å². The van der Waals surface area contributed by atoms with Gasteiger partial charge in [0.1, 0.15) is 0 Å². The summed E-state index contributed by atoms with van der Waals surface area (Å²) in [5.74, 6) is 0.00596. The van der Waals surface area contributed by atoms with Gasteiger partial charge in [0.05, 0.1) is 53.1 Å². The highest BCUT2D eigenvalue weighted by molar-refractivity contribution is 7.91. The molecule has 0 aliphatic carbocycles. The number of morpholine rings is 1. The number of nitrogens with zero attached hydrogens (tertiary/aromatic N) is 4. The van der Waals surface area contributed by atoms with Crippen LogP contribution in [0, 0.1) is 13.8 Å². The first-order valence-corrected chi connectivity index (χ1v) is 13.9. The Morgan fingerprint density at radius 1 is 1.17 bits per heavy atom. The van der Waals surface area contributed by atoms with Gasteiger partial charge in [-0.25, -0.2) is 18.1 Å². The highest BCUT2D eigenvalue weighted by atomic mass is 32.2. The van der Waals surface area contributed by atoms with Crippen LogP contribution >= 0.6 is 0 Å². The van der Waals surface area contributed by atoms with Gasteiger partial charge in [-0.05, 0) is 26.3 Å². The molecule has 186 valence electrons. The van der Waals surface area contributed by atoms with Crippen LogP contribution in [0.5, 0.6) is 0 Å². The van der Waals surface area contributed by atoms with Crippen molar-refractivity contribution in [3.8, 4) is 11.3 Å². The number of amides is 1. The molecule has 2 aromatic heterocycles. The number of carbonyl (C=O) groups is 1. The van der Waals surface area contributed by atoms with E-state index in [2.05, 4.69) is 15.3 Å². The fraction of sp³-hybridized carbons (Fsp3) is 0.480. The molecule has 1 atom stereocenters. The van der Waals surface area contributed by atoms with Crippen molar-refractivity contribution in [1.82, 2.24) is 25.0 Å². The highest BCUT2D eigenvalue weighted by Crippen LogP contribution is 2.32. The van der Waals surface area contributed by atoms with Gasteiger partial charge in [-0.2, -0.15) is 5.10 Å². The molecular weight excluding hydrogens is 466 g/mol. The number of hydrogen-bond donors (Lipinski definition) is 1. The first kappa shape index (κ1) is 23.9. The van der Waals surface area contributed by atoms with Crippen molar-refractivity contribution in [2.45, 2.75) is 26.3 Å². The monoisotopic (exact) mass is 497 g/mol. The summed E-state index contributed by atoms with van der Waals surface area (Å²) in [4.78, 5) is 20.6. The van der Waals surface area contributed by atoms with Gasteiger partial charge in [0.15, 0.2) is 15.5 Å². The Balaban J connectivity index is 1.52. The summed E-state index contributed by atoms with van der Waals surface area (Å²) in [6, 6.07) is 9.52. The lowest BCUT2D eigenvalue weighted by Gasteiger charge is -2.26. The largest absolute Gasteiger partial charge is 0.379 e. The zero-order valence-corrected chi connectivity index (χ0v) is 21.0. The Kier molecular flexibility index (Phi) is 6.61. The van der Waals surface area contributed by atoms with E-state index < -0.39 is 9.84 Å². The van der Waals surface area contributed by atoms with Crippen LogP contribution in [0.25, 0.3) is 22.3 Å². The van der Waals surface area contributed by atoms with Crippen LogP contribution in [-0.4, -0.2) is 84.9 Å². The Bertz CT molecular complexity index is 1340. The number of aromatic nitrogens is 3. The average Bonchev–Trinajstić information content (AvgIpc) is 3.38. The summed E-state index contributed by atoms with van der Waals surface area (Å²) in [6.07, 6.45) is 0.496. The molecule has 10 heteroatoms. The van der Waals surface area contributed by atoms with E-state index in [4.69, 9.17) is 9.72 Å². The molecule has 3 aromatic rings. The molecule has 9 nitrogen and oxygen atoms in total. The van der Waals surface area contributed by atoms with E-state index in [9.17, 15) is 13.2 Å². The zero-order chi connectivity index (χ0) is 24.6. The van der Waals surface area contributed by atoms with Gasteiger partial charge in [0, 0.05) is 31.7 Å². The molecule has 1 N–H and O–H groups in total. The number of aryl methyl sites for hydroxylation is 2. The second kappa shape index (κ2) is 9.67. The Hall–Kier alpha value is -2.82. The van der Waals surface area contributed by atoms with Gasteiger partial charge in [-0.1, -0.05) is 29.8 Å². The number of benzene rings is 1. The van der Waals surface area contributed by atoms with Crippen LogP contribution in [0.2, 0.25) is 0 Å². The molecule has 2 aliphatic heterocycles. The van der Waals surface area contributed by atoms with E-state index >= 15 is 0 Å². The predicted molar refractivity (Wildman–Crippen MR) is 134 cm³/mol. The third-order valence-electron chi connectivity index (χ3n) is 6.80. The van der Waals surface area contributed by atoms with Gasteiger partial charge in [-0.3, -0.25) is 9.69 Å². The van der Waals surface area contributed by atoms with E-state index in [1.807, 2.05) is 44.2 Å². The zero-order valence-electron chi connectivity index (χ0n) is 20.2. The molecule has 2 aliphatic rings. The molecular formula is C25H31N5O4S. The lowest BCUT2D eigenvalue weighted by molar-refractivity contribution is 0.0383. The minimum atomic E-state index is -3.10. The predicted octanol–water partition coefficient (Wildman–Crippen LogP) is 2.14. The number of sulfone groups is 1. The normalized spacial score (nSPS) is 20.3. The van der Waals surface area contributed by atoms with E-state index in [1.165, 1.54) is 0 Å². The fourth-order valence-corrected chi connectivity index (χ4v) is 6.53. The summed E-state index contributed by atoms with van der Waals surface area (Å²) in [5, 5.41) is 8.41. The molecule has 2 saturated heterocycles. The van der Waals surface area contributed by atoms with Crippen LogP contribution in [0.15, 0.2) is 30.3 Å². The number of fused-ring (bicyclic) bond motifs is 1. The van der Waals surface area contributed by atoms with Gasteiger partial charge >= 0.3 is 0 Å². The number of pyridine rings is 1. The van der Waals surface area contributed by atoms with E-state index in [1.54, 1.807) is 4.68 Å². The maximum atomic E-state index is 13.4. The minimum absolute atomic E-state index is 0.0424. The van der Waals surface area contributed by atoms with Gasteiger partial charge in [-0.15, -0.1) is 0 Å². The maximum absolute atomic E-state index is 13.4. The molecule has 0 unspecified atom stereocenters. The Morgan fingerprint density at radius 3 is 2.60 bits per heavy atom. The number of hydrogen-bond acceptors (Lipinski definition) is 7. The fourth-order valence-electron chi connectivity index (χ4n) is 4.83. The van der Waals surface area contributed by atoms with Crippen molar-refractivity contribution in [3.63, 3.8) is 0 Å². The quantitative estimate of drug-likeness (QED) is 0.556. The summed E-state index contributed by atoms with van der Waals surface area (Å²) in [7, 11) is -3.10. The lowest BCUT2D eigenvalue weighted by Crippen LogP contribution is -2.41. The topological polar surface area (TPSA) is 106 Å². The minimum Gasteiger partial charge on any atom is -0.379 e. The van der Waals surface area contributed by atoms with Crippen molar-refractivity contribution in [1.29, 1.82) is 0 Å². The Morgan fingerprint density at radius 2 is 1.91 bits per heavy atom. The average molecular weight is 498 g/mol. The third-order valence-corrected chi connectivity index (χ3v) is 8.55. The number of nitrogens with one attached hydrogen (secondary N) is 1. The summed E-state index contributed by atoms with van der Waals surface area (Å²) < 4.78 is 31.4. The second-order valence-electron chi connectivity index (χ2n) is 9.42. The van der Waals surface area contributed by atoms with Crippen molar-refractivity contribution in [3.05, 3.63) is 47.2 Å². The van der Waals surface area contributed by atoms with Crippen LogP contribution in [0.4, 0.5) is 0 Å². The number of rotatable bonds is 6. The summed E-state index contributed by atoms with van der Waals surface area (Å²) in [5.41, 5.74) is 4.43. The van der Waals surface area contributed by atoms with Crippen molar-refractivity contribution < 1.29 is 17.9 Å². The summed E-state index contributed by atoms with van der Waals surface area (Å²) >= 11 is 0. The van der Waals surface area contributed by atoms with E-state index in [0.29, 0.717) is 54.2 Å². The standard InChI is InChI=1S/C25H31N5O4S/c1-17-3-5-19(6-4-17)22-15-21(25(31)26-8-9-29-10-12-34-13-11-29)23-18(2)28-30(24(23)27-22)20-7-14-35(32,33)16-20/h3-6,15,20H,7-14,16H2,1-2H3,(H,26,31)/t20-/m0/s1. The molecule has 2 fully saturated rings. The van der Waals surface area contributed by atoms with Crippen molar-refractivity contribution in [2.24, 2.45) is 0 Å². The molecule has 1 aromatic carbocycles. The smallest absolute Gasteiger partial charge is 0.252 e. The van der Waals surface area contributed by atoms with Crippen LogP contribution < -0.4 is 5.32 Å². The molecule has 0 saturated carbocycles. The van der Waals surface area contributed by atoms with E-state index in [-0.39, 0.29) is 23.5 Å². The molecule has 0 bridgehead atoms. The maximum Gasteiger partial charge on any atom is 0.252 e. The number of ether oxygens (including phenoxy) is 1. The van der Waals surface area contributed by atoms with Gasteiger partial charge in [0.2, 0.25) is 0 Å². The van der Waals surface area contributed by atoms with Crippen LogP contribution in [-0.2, 0) is 14.6 Å². The summed E-state index contributed by atoms with van der Waals surface area (Å²) in [6.45, 7) is 8.31. The Labute approximate surface area is 205 Å². The molecule has 0 spiro atoms. The third kappa shape index (κ3) is 5.10. The highest BCUT2D eigenvalue weighted by Gasteiger charge is 2.32. The van der Waals surface area contributed by atoms with Crippen LogP contribution in [0.3, 0.4) is 0 Å². The van der Waals surface area contributed by atoms with Gasteiger partial charge < -0.3 is 10.1 Å².